The zero-order valence-electron chi connectivity index (χ0n) is 13.2. The van der Waals surface area contributed by atoms with Crippen molar-refractivity contribution in [3.63, 3.8) is 0 Å². The van der Waals surface area contributed by atoms with Crippen molar-refractivity contribution in [2.75, 3.05) is 12.3 Å². The summed E-state index contributed by atoms with van der Waals surface area (Å²) in [5.41, 5.74) is 0. The Labute approximate surface area is 129 Å². The molecule has 2 saturated carbocycles. The van der Waals surface area contributed by atoms with Gasteiger partial charge in [-0.15, -0.1) is 0 Å². The molecule has 2 aliphatic carbocycles. The summed E-state index contributed by atoms with van der Waals surface area (Å²) in [6.07, 6.45) is 9.58. The molecule has 2 bridgehead atoms. The van der Waals surface area contributed by atoms with Gasteiger partial charge in [0, 0.05) is 12.1 Å². The van der Waals surface area contributed by atoms with E-state index in [4.69, 9.17) is 0 Å². The molecule has 5 atom stereocenters. The summed E-state index contributed by atoms with van der Waals surface area (Å²) in [4.78, 5) is 0. The third-order valence-electron chi connectivity index (χ3n) is 5.95. The summed E-state index contributed by atoms with van der Waals surface area (Å²) < 4.78 is 27.6. The van der Waals surface area contributed by atoms with E-state index >= 15 is 0 Å². The molecule has 0 amide bonds. The molecule has 21 heavy (non-hydrogen) atoms. The van der Waals surface area contributed by atoms with Gasteiger partial charge in [-0.1, -0.05) is 12.8 Å². The van der Waals surface area contributed by atoms with E-state index in [1.54, 1.807) is 0 Å². The fourth-order valence-electron chi connectivity index (χ4n) is 4.80. The molecule has 3 fully saturated rings. The first-order chi connectivity index (χ1) is 10.0. The molecule has 0 radical (unpaired) electrons. The van der Waals surface area contributed by atoms with E-state index in [0.29, 0.717) is 12.0 Å². The molecule has 3 aliphatic rings. The van der Waals surface area contributed by atoms with Crippen molar-refractivity contribution in [2.24, 2.45) is 17.8 Å². The second-order valence-electron chi connectivity index (χ2n) is 7.50. The van der Waals surface area contributed by atoms with Crippen LogP contribution in [0, 0.1) is 17.8 Å². The number of rotatable bonds is 6. The predicted octanol–water partition coefficient (Wildman–Crippen LogP) is 2.26. The smallest absolute Gasteiger partial charge is 0.211 e. The average molecular weight is 314 g/mol. The van der Waals surface area contributed by atoms with Gasteiger partial charge in [-0.25, -0.2) is 13.1 Å². The van der Waals surface area contributed by atoms with Gasteiger partial charge in [0.1, 0.15) is 0 Å². The molecular weight excluding hydrogens is 284 g/mol. The van der Waals surface area contributed by atoms with Crippen molar-refractivity contribution in [3.05, 3.63) is 0 Å². The van der Waals surface area contributed by atoms with E-state index in [2.05, 4.69) is 17.0 Å². The topological polar surface area (TPSA) is 58.2 Å². The van der Waals surface area contributed by atoms with Crippen LogP contribution < -0.4 is 10.0 Å². The summed E-state index contributed by atoms with van der Waals surface area (Å²) >= 11 is 0. The van der Waals surface area contributed by atoms with Crippen LogP contribution in [-0.4, -0.2) is 32.8 Å². The maximum atomic E-state index is 12.3. The predicted molar refractivity (Wildman–Crippen MR) is 85.6 cm³/mol. The van der Waals surface area contributed by atoms with E-state index in [0.717, 1.165) is 31.2 Å². The molecule has 2 N–H and O–H groups in total. The van der Waals surface area contributed by atoms with Gasteiger partial charge in [0.05, 0.1) is 5.75 Å². The van der Waals surface area contributed by atoms with Crippen molar-refractivity contribution in [2.45, 2.75) is 70.4 Å². The summed E-state index contributed by atoms with van der Waals surface area (Å²) in [6, 6.07) is 0.512. The Morgan fingerprint density at radius 3 is 2.67 bits per heavy atom. The highest BCUT2D eigenvalue weighted by molar-refractivity contribution is 7.89. The van der Waals surface area contributed by atoms with Crippen molar-refractivity contribution in [3.8, 4) is 0 Å². The van der Waals surface area contributed by atoms with Crippen LogP contribution in [0.5, 0.6) is 0 Å². The summed E-state index contributed by atoms with van der Waals surface area (Å²) in [5, 5.41) is 3.43. The number of nitrogens with one attached hydrogen (secondary N) is 2. The van der Waals surface area contributed by atoms with Crippen molar-refractivity contribution >= 4 is 10.0 Å². The lowest BCUT2D eigenvalue weighted by Crippen LogP contribution is -2.42. The Bertz CT molecular complexity index is 445. The van der Waals surface area contributed by atoms with Gasteiger partial charge in [-0.05, 0) is 69.7 Å². The summed E-state index contributed by atoms with van der Waals surface area (Å²) in [7, 11) is -3.12. The number of sulfonamides is 1. The number of piperidine rings is 1. The van der Waals surface area contributed by atoms with Gasteiger partial charge in [0.2, 0.25) is 10.0 Å². The zero-order chi connectivity index (χ0) is 14.9. The first-order valence-corrected chi connectivity index (χ1v) is 10.4. The van der Waals surface area contributed by atoms with Crippen LogP contribution in [0.15, 0.2) is 0 Å². The lowest BCUT2D eigenvalue weighted by atomic mass is 9.84. The van der Waals surface area contributed by atoms with Gasteiger partial charge in [-0.2, -0.15) is 0 Å². The van der Waals surface area contributed by atoms with Crippen LogP contribution in [0.1, 0.15) is 58.3 Å². The fourth-order valence-corrected chi connectivity index (χ4v) is 6.26. The average Bonchev–Trinajstić information content (AvgIpc) is 3.09. The van der Waals surface area contributed by atoms with Crippen LogP contribution in [0.25, 0.3) is 0 Å². The SMILES string of the molecule is CC(NS(=O)(=O)CCC1CCCCN1)C1CC2CCC1C2. The van der Waals surface area contributed by atoms with Gasteiger partial charge in [0.15, 0.2) is 0 Å². The lowest BCUT2D eigenvalue weighted by molar-refractivity contribution is 0.280. The van der Waals surface area contributed by atoms with Gasteiger partial charge < -0.3 is 5.32 Å². The molecule has 5 unspecified atom stereocenters. The maximum absolute atomic E-state index is 12.3. The highest BCUT2D eigenvalue weighted by Crippen LogP contribution is 2.49. The van der Waals surface area contributed by atoms with Gasteiger partial charge in [-0.3, -0.25) is 0 Å². The minimum absolute atomic E-state index is 0.115. The molecule has 1 saturated heterocycles. The van der Waals surface area contributed by atoms with Gasteiger partial charge >= 0.3 is 0 Å². The van der Waals surface area contributed by atoms with E-state index in [-0.39, 0.29) is 11.8 Å². The molecule has 1 heterocycles. The highest BCUT2D eigenvalue weighted by atomic mass is 32.2. The fraction of sp³-hybridized carbons (Fsp3) is 1.00. The van der Waals surface area contributed by atoms with E-state index in [9.17, 15) is 8.42 Å². The Balaban J connectivity index is 1.46. The molecule has 0 aromatic rings. The highest BCUT2D eigenvalue weighted by Gasteiger charge is 2.42. The zero-order valence-corrected chi connectivity index (χ0v) is 14.0. The molecule has 0 aromatic heterocycles. The molecule has 4 nitrogen and oxygen atoms in total. The maximum Gasteiger partial charge on any atom is 0.211 e. The molecule has 1 aliphatic heterocycles. The Hall–Kier alpha value is -0.130. The van der Waals surface area contributed by atoms with Crippen LogP contribution in [0.3, 0.4) is 0 Å². The third kappa shape index (κ3) is 3.99. The first-order valence-electron chi connectivity index (χ1n) is 8.77. The lowest BCUT2D eigenvalue weighted by Gasteiger charge is -2.29. The van der Waals surface area contributed by atoms with Crippen LogP contribution in [0.4, 0.5) is 0 Å². The normalized spacial score (nSPS) is 37.8. The second kappa shape index (κ2) is 6.55. The Kier molecular flexibility index (Phi) is 4.91. The monoisotopic (exact) mass is 314 g/mol. The summed E-state index contributed by atoms with van der Waals surface area (Å²) in [6.45, 7) is 3.11. The molecule has 3 rings (SSSR count). The van der Waals surface area contributed by atoms with E-state index in [1.165, 1.54) is 38.5 Å². The largest absolute Gasteiger partial charge is 0.314 e. The molecule has 122 valence electrons. The van der Waals surface area contributed by atoms with E-state index in [1.807, 2.05) is 0 Å². The second-order valence-corrected chi connectivity index (χ2v) is 9.37. The van der Waals surface area contributed by atoms with Crippen LogP contribution >= 0.6 is 0 Å². The van der Waals surface area contributed by atoms with Crippen molar-refractivity contribution in [1.82, 2.24) is 10.0 Å². The third-order valence-corrected chi connectivity index (χ3v) is 7.45. The molecular formula is C16H30N2O2S. The van der Waals surface area contributed by atoms with Crippen molar-refractivity contribution in [1.29, 1.82) is 0 Å². The molecule has 5 heteroatoms. The number of fused-ring (bicyclic) bond motifs is 2. The van der Waals surface area contributed by atoms with Gasteiger partial charge in [0.25, 0.3) is 0 Å². The minimum atomic E-state index is -3.12. The van der Waals surface area contributed by atoms with Crippen molar-refractivity contribution < 1.29 is 8.42 Å². The summed E-state index contributed by atoms with van der Waals surface area (Å²) in [5.74, 6) is 2.49. The quantitative estimate of drug-likeness (QED) is 0.790. The standard InChI is InChI=1S/C16H30N2O2S/c1-12(16-11-13-5-6-14(16)10-13)18-21(19,20)9-7-15-4-2-3-8-17-15/h12-18H,2-11H2,1H3. The minimum Gasteiger partial charge on any atom is -0.314 e. The van der Waals surface area contributed by atoms with Crippen LogP contribution in [-0.2, 0) is 10.0 Å². The number of hydrogen-bond acceptors (Lipinski definition) is 3. The van der Waals surface area contributed by atoms with Crippen LogP contribution in [0.2, 0.25) is 0 Å². The number of hydrogen-bond donors (Lipinski definition) is 2. The Morgan fingerprint density at radius 2 is 2.05 bits per heavy atom. The van der Waals surface area contributed by atoms with E-state index < -0.39 is 10.0 Å². The molecule has 0 aromatic carbocycles. The molecule has 0 spiro atoms. The Morgan fingerprint density at radius 1 is 1.19 bits per heavy atom. The first kappa shape index (κ1) is 15.8.